The van der Waals surface area contributed by atoms with E-state index in [0.29, 0.717) is 5.92 Å². The average Bonchev–Trinajstić information content (AvgIpc) is 2.76. The summed E-state index contributed by atoms with van der Waals surface area (Å²) in [6, 6.07) is 4.35. The van der Waals surface area contributed by atoms with E-state index in [0.717, 1.165) is 36.2 Å². The highest BCUT2D eigenvalue weighted by atomic mass is 79.9. The van der Waals surface area contributed by atoms with E-state index in [1.807, 2.05) is 0 Å². The van der Waals surface area contributed by atoms with Crippen LogP contribution in [-0.2, 0) is 12.8 Å². The minimum atomic E-state index is 0.572. The van der Waals surface area contributed by atoms with E-state index in [1.165, 1.54) is 24.0 Å². The largest absolute Gasteiger partial charge is 0.493 e. The molecule has 94 valence electrons. The van der Waals surface area contributed by atoms with Gasteiger partial charge >= 0.3 is 0 Å². The van der Waals surface area contributed by atoms with Crippen LogP contribution in [0.2, 0.25) is 0 Å². The van der Waals surface area contributed by atoms with Gasteiger partial charge in [0.2, 0.25) is 0 Å². The zero-order valence-electron chi connectivity index (χ0n) is 10.3. The SMILES string of the molecule is CCCC(CN)Cc1cc(Br)cc2c1OCC2. The Hall–Kier alpha value is -0.540. The molecule has 1 unspecified atom stereocenters. The van der Waals surface area contributed by atoms with Gasteiger partial charge in [-0.3, -0.25) is 0 Å². The number of hydrogen-bond acceptors (Lipinski definition) is 2. The van der Waals surface area contributed by atoms with Crippen LogP contribution >= 0.6 is 15.9 Å². The van der Waals surface area contributed by atoms with E-state index in [1.54, 1.807) is 0 Å². The fraction of sp³-hybridized carbons (Fsp3) is 0.571. The summed E-state index contributed by atoms with van der Waals surface area (Å²) in [5.74, 6) is 1.69. The third-order valence-corrected chi connectivity index (χ3v) is 3.82. The van der Waals surface area contributed by atoms with Gasteiger partial charge in [-0.25, -0.2) is 0 Å². The number of nitrogens with two attached hydrogens (primary N) is 1. The maximum atomic E-state index is 5.84. The van der Waals surface area contributed by atoms with Crippen LogP contribution in [0, 0.1) is 5.92 Å². The molecule has 1 aliphatic heterocycles. The lowest BCUT2D eigenvalue weighted by atomic mass is 9.93. The highest BCUT2D eigenvalue weighted by molar-refractivity contribution is 9.10. The second kappa shape index (κ2) is 5.87. The molecule has 0 aliphatic carbocycles. The van der Waals surface area contributed by atoms with Crippen molar-refractivity contribution in [2.24, 2.45) is 11.7 Å². The van der Waals surface area contributed by atoms with Gasteiger partial charge in [-0.15, -0.1) is 0 Å². The van der Waals surface area contributed by atoms with Crippen LogP contribution in [0.5, 0.6) is 5.75 Å². The Morgan fingerprint density at radius 2 is 2.29 bits per heavy atom. The lowest BCUT2D eigenvalue weighted by Gasteiger charge is -2.16. The molecule has 0 fully saturated rings. The van der Waals surface area contributed by atoms with Gasteiger partial charge < -0.3 is 10.5 Å². The lowest BCUT2D eigenvalue weighted by molar-refractivity contribution is 0.350. The Morgan fingerprint density at radius 1 is 1.47 bits per heavy atom. The summed E-state index contributed by atoms with van der Waals surface area (Å²) in [7, 11) is 0. The topological polar surface area (TPSA) is 35.2 Å². The van der Waals surface area contributed by atoms with E-state index in [-0.39, 0.29) is 0 Å². The van der Waals surface area contributed by atoms with Crippen molar-refractivity contribution in [1.82, 2.24) is 0 Å². The molecular formula is C14H20BrNO. The first-order valence-corrected chi connectivity index (χ1v) is 7.18. The molecule has 0 radical (unpaired) electrons. The lowest BCUT2D eigenvalue weighted by Crippen LogP contribution is -2.17. The molecule has 0 saturated heterocycles. The first-order chi connectivity index (χ1) is 8.24. The van der Waals surface area contributed by atoms with Crippen LogP contribution in [0.1, 0.15) is 30.9 Å². The Kier molecular flexibility index (Phi) is 4.46. The van der Waals surface area contributed by atoms with Crippen molar-refractivity contribution < 1.29 is 4.74 Å². The predicted octanol–water partition coefficient (Wildman–Crippen LogP) is 3.30. The molecule has 2 rings (SSSR count). The monoisotopic (exact) mass is 297 g/mol. The third-order valence-electron chi connectivity index (χ3n) is 3.36. The van der Waals surface area contributed by atoms with Crippen molar-refractivity contribution in [3.8, 4) is 5.75 Å². The summed E-state index contributed by atoms with van der Waals surface area (Å²) in [4.78, 5) is 0. The zero-order valence-corrected chi connectivity index (χ0v) is 11.9. The summed E-state index contributed by atoms with van der Waals surface area (Å²) >= 11 is 3.58. The Balaban J connectivity index is 2.20. The molecule has 2 nitrogen and oxygen atoms in total. The van der Waals surface area contributed by atoms with Gasteiger partial charge in [-0.1, -0.05) is 29.3 Å². The normalized spacial score (nSPS) is 15.5. The molecule has 1 heterocycles. The number of rotatable bonds is 5. The van der Waals surface area contributed by atoms with Gasteiger partial charge in [-0.05, 0) is 48.6 Å². The molecule has 1 aromatic carbocycles. The van der Waals surface area contributed by atoms with E-state index in [2.05, 4.69) is 35.0 Å². The van der Waals surface area contributed by atoms with E-state index in [9.17, 15) is 0 Å². The van der Waals surface area contributed by atoms with Crippen molar-refractivity contribution in [3.05, 3.63) is 27.7 Å². The second-order valence-electron chi connectivity index (χ2n) is 4.75. The molecule has 1 atom stereocenters. The van der Waals surface area contributed by atoms with Gasteiger partial charge in [0.25, 0.3) is 0 Å². The average molecular weight is 298 g/mol. The summed E-state index contributed by atoms with van der Waals surface area (Å²) in [5, 5.41) is 0. The Bertz CT molecular complexity index is 392. The van der Waals surface area contributed by atoms with Crippen molar-refractivity contribution in [3.63, 3.8) is 0 Å². The third kappa shape index (κ3) is 3.02. The van der Waals surface area contributed by atoms with Crippen LogP contribution in [0.3, 0.4) is 0 Å². The van der Waals surface area contributed by atoms with E-state index >= 15 is 0 Å². The molecule has 0 bridgehead atoms. The maximum absolute atomic E-state index is 5.84. The standard InChI is InChI=1S/C14H20BrNO/c1-2-3-10(9-16)6-12-8-13(15)7-11-4-5-17-14(11)12/h7-8,10H,2-6,9,16H2,1H3. The Morgan fingerprint density at radius 3 is 3.00 bits per heavy atom. The number of fused-ring (bicyclic) bond motifs is 1. The molecule has 1 aliphatic rings. The summed E-state index contributed by atoms with van der Waals surface area (Å²) in [6.45, 7) is 3.79. The zero-order chi connectivity index (χ0) is 12.3. The Labute approximate surface area is 112 Å². The highest BCUT2D eigenvalue weighted by Gasteiger charge is 2.19. The molecule has 2 N–H and O–H groups in total. The van der Waals surface area contributed by atoms with Gasteiger partial charge in [-0.2, -0.15) is 0 Å². The predicted molar refractivity (Wildman–Crippen MR) is 74.5 cm³/mol. The van der Waals surface area contributed by atoms with Crippen LogP contribution in [-0.4, -0.2) is 13.2 Å². The number of benzene rings is 1. The quantitative estimate of drug-likeness (QED) is 0.905. The van der Waals surface area contributed by atoms with Crippen molar-refractivity contribution >= 4 is 15.9 Å². The fourth-order valence-corrected chi connectivity index (χ4v) is 3.07. The van der Waals surface area contributed by atoms with Gasteiger partial charge in [0.1, 0.15) is 5.75 Å². The maximum Gasteiger partial charge on any atom is 0.125 e. The summed E-state index contributed by atoms with van der Waals surface area (Å²) in [5.41, 5.74) is 8.49. The van der Waals surface area contributed by atoms with E-state index in [4.69, 9.17) is 10.5 Å². The first-order valence-electron chi connectivity index (χ1n) is 6.38. The van der Waals surface area contributed by atoms with E-state index < -0.39 is 0 Å². The van der Waals surface area contributed by atoms with Crippen LogP contribution in [0.15, 0.2) is 16.6 Å². The van der Waals surface area contributed by atoms with Crippen molar-refractivity contribution in [1.29, 1.82) is 0 Å². The molecular weight excluding hydrogens is 278 g/mol. The van der Waals surface area contributed by atoms with Gasteiger partial charge in [0, 0.05) is 10.9 Å². The molecule has 0 spiro atoms. The highest BCUT2D eigenvalue weighted by Crippen LogP contribution is 2.34. The van der Waals surface area contributed by atoms with Crippen LogP contribution in [0.25, 0.3) is 0 Å². The van der Waals surface area contributed by atoms with Crippen LogP contribution < -0.4 is 10.5 Å². The van der Waals surface area contributed by atoms with Gasteiger partial charge in [0.05, 0.1) is 6.61 Å². The first kappa shape index (κ1) is 12.9. The summed E-state index contributed by atoms with van der Waals surface area (Å²) < 4.78 is 6.90. The number of hydrogen-bond donors (Lipinski definition) is 1. The minimum absolute atomic E-state index is 0.572. The van der Waals surface area contributed by atoms with Gasteiger partial charge in [0.15, 0.2) is 0 Å². The van der Waals surface area contributed by atoms with Crippen molar-refractivity contribution in [2.75, 3.05) is 13.2 Å². The number of ether oxygens (including phenoxy) is 1. The molecule has 3 heteroatoms. The molecule has 0 amide bonds. The molecule has 1 aromatic rings. The minimum Gasteiger partial charge on any atom is -0.493 e. The fourth-order valence-electron chi connectivity index (χ4n) is 2.52. The second-order valence-corrected chi connectivity index (χ2v) is 5.66. The molecule has 0 aromatic heterocycles. The molecule has 0 saturated carbocycles. The smallest absolute Gasteiger partial charge is 0.125 e. The van der Waals surface area contributed by atoms with Crippen molar-refractivity contribution in [2.45, 2.75) is 32.6 Å². The number of halogens is 1. The summed E-state index contributed by atoms with van der Waals surface area (Å²) in [6.07, 6.45) is 4.45. The van der Waals surface area contributed by atoms with Crippen LogP contribution in [0.4, 0.5) is 0 Å². The molecule has 17 heavy (non-hydrogen) atoms.